The zero-order valence-corrected chi connectivity index (χ0v) is 14.0. The van der Waals surface area contributed by atoms with Crippen LogP contribution in [0.25, 0.3) is 0 Å². The largest absolute Gasteiger partial charge is 0.394 e. The van der Waals surface area contributed by atoms with Crippen molar-refractivity contribution in [3.8, 4) is 0 Å². The number of amides is 2. The van der Waals surface area contributed by atoms with E-state index in [1.165, 1.54) is 0 Å². The van der Waals surface area contributed by atoms with Gasteiger partial charge in [-0.2, -0.15) is 0 Å². The summed E-state index contributed by atoms with van der Waals surface area (Å²) in [6, 6.07) is 3.42. The van der Waals surface area contributed by atoms with Crippen LogP contribution in [0.4, 0.5) is 10.5 Å². The molecule has 0 aromatic heterocycles. The number of rotatable bonds is 5. The second kappa shape index (κ2) is 7.64. The molecule has 0 heterocycles. The molecule has 1 aromatic rings. The van der Waals surface area contributed by atoms with Crippen LogP contribution >= 0.6 is 15.9 Å². The summed E-state index contributed by atoms with van der Waals surface area (Å²) in [5.74, 6) is 0.420. The summed E-state index contributed by atoms with van der Waals surface area (Å²) < 4.78 is 0.992. The molecule has 0 saturated heterocycles. The summed E-state index contributed by atoms with van der Waals surface area (Å²) in [4.78, 5) is 12.0. The summed E-state index contributed by atoms with van der Waals surface area (Å²) in [7, 11) is 0. The number of aliphatic hydroxyl groups excluding tert-OH is 1. The predicted molar refractivity (Wildman–Crippen MR) is 86.1 cm³/mol. The minimum atomic E-state index is -0.279. The Labute approximate surface area is 129 Å². The van der Waals surface area contributed by atoms with Crippen LogP contribution in [-0.2, 0) is 0 Å². The minimum absolute atomic E-state index is 0.0517. The standard InChI is InChI=1S/C15H23BrN2O2/c1-9(2)5-13(8-19)17-15(20)18-14-10(3)6-12(16)7-11(14)4/h6-7,9,13,19H,5,8H2,1-4H3,(H2,17,18,20). The third kappa shape index (κ3) is 5.13. The topological polar surface area (TPSA) is 61.4 Å². The van der Waals surface area contributed by atoms with E-state index in [1.807, 2.05) is 26.0 Å². The first-order valence-corrected chi connectivity index (χ1v) is 7.58. The third-order valence-corrected chi connectivity index (χ3v) is 3.51. The van der Waals surface area contributed by atoms with E-state index < -0.39 is 0 Å². The number of aryl methyl sites for hydroxylation is 2. The molecule has 3 N–H and O–H groups in total. The van der Waals surface area contributed by atoms with Gasteiger partial charge in [0, 0.05) is 10.2 Å². The molecule has 20 heavy (non-hydrogen) atoms. The van der Waals surface area contributed by atoms with Gasteiger partial charge in [-0.3, -0.25) is 0 Å². The molecule has 5 heteroatoms. The van der Waals surface area contributed by atoms with Crippen LogP contribution in [0.2, 0.25) is 0 Å². The second-order valence-corrected chi connectivity index (χ2v) is 6.44. The summed E-state index contributed by atoms with van der Waals surface area (Å²) in [6.45, 7) is 7.97. The number of anilines is 1. The van der Waals surface area contributed by atoms with Gasteiger partial charge in [-0.25, -0.2) is 4.79 Å². The molecule has 0 aliphatic heterocycles. The Bertz CT molecular complexity index is 452. The van der Waals surface area contributed by atoms with Gasteiger partial charge in [-0.05, 0) is 49.4 Å². The van der Waals surface area contributed by atoms with E-state index in [4.69, 9.17) is 0 Å². The Balaban J connectivity index is 2.71. The molecular formula is C15H23BrN2O2. The van der Waals surface area contributed by atoms with E-state index in [-0.39, 0.29) is 18.7 Å². The van der Waals surface area contributed by atoms with Crippen LogP contribution in [0.15, 0.2) is 16.6 Å². The van der Waals surface area contributed by atoms with Gasteiger partial charge in [0.1, 0.15) is 0 Å². The Hall–Kier alpha value is -1.07. The number of hydrogen-bond acceptors (Lipinski definition) is 2. The van der Waals surface area contributed by atoms with Crippen molar-refractivity contribution in [3.05, 3.63) is 27.7 Å². The number of urea groups is 1. The lowest BCUT2D eigenvalue weighted by Crippen LogP contribution is -2.41. The van der Waals surface area contributed by atoms with Crippen molar-refractivity contribution in [2.24, 2.45) is 5.92 Å². The highest BCUT2D eigenvalue weighted by atomic mass is 79.9. The zero-order chi connectivity index (χ0) is 15.3. The molecular weight excluding hydrogens is 320 g/mol. The smallest absolute Gasteiger partial charge is 0.319 e. The summed E-state index contributed by atoms with van der Waals surface area (Å²) >= 11 is 3.43. The molecule has 1 rings (SSSR count). The molecule has 1 atom stereocenters. The summed E-state index contributed by atoms with van der Waals surface area (Å²) in [5, 5.41) is 15.0. The van der Waals surface area contributed by atoms with Crippen LogP contribution in [0.5, 0.6) is 0 Å². The second-order valence-electron chi connectivity index (χ2n) is 5.52. The average Bonchev–Trinajstić information content (AvgIpc) is 2.32. The quantitative estimate of drug-likeness (QED) is 0.765. The maximum atomic E-state index is 12.0. The number of carbonyl (C=O) groups excluding carboxylic acids is 1. The Morgan fingerprint density at radius 2 is 1.85 bits per heavy atom. The van der Waals surface area contributed by atoms with Crippen LogP contribution in [0.3, 0.4) is 0 Å². The molecule has 1 aromatic carbocycles. The number of halogens is 1. The minimum Gasteiger partial charge on any atom is -0.394 e. The van der Waals surface area contributed by atoms with Gasteiger partial charge in [0.15, 0.2) is 0 Å². The molecule has 0 aliphatic carbocycles. The fourth-order valence-electron chi connectivity index (χ4n) is 2.19. The molecule has 0 saturated carbocycles. The fourth-order valence-corrected chi connectivity index (χ4v) is 2.88. The van der Waals surface area contributed by atoms with Crippen molar-refractivity contribution in [1.29, 1.82) is 0 Å². The first kappa shape index (κ1) is 17.0. The highest BCUT2D eigenvalue weighted by molar-refractivity contribution is 9.10. The van der Waals surface area contributed by atoms with Crippen molar-refractivity contribution in [2.45, 2.75) is 40.2 Å². The molecule has 0 fully saturated rings. The van der Waals surface area contributed by atoms with Crippen molar-refractivity contribution in [2.75, 3.05) is 11.9 Å². The van der Waals surface area contributed by atoms with Crippen LogP contribution in [0.1, 0.15) is 31.4 Å². The summed E-state index contributed by atoms with van der Waals surface area (Å²) in [5.41, 5.74) is 2.81. The fraction of sp³-hybridized carbons (Fsp3) is 0.533. The zero-order valence-electron chi connectivity index (χ0n) is 12.5. The first-order valence-electron chi connectivity index (χ1n) is 6.78. The average molecular weight is 343 g/mol. The molecule has 0 bridgehead atoms. The number of carbonyl (C=O) groups is 1. The lowest BCUT2D eigenvalue weighted by molar-refractivity contribution is 0.214. The summed E-state index contributed by atoms with van der Waals surface area (Å²) in [6.07, 6.45) is 0.752. The van der Waals surface area contributed by atoms with Gasteiger partial charge in [0.25, 0.3) is 0 Å². The van der Waals surface area contributed by atoms with Crippen molar-refractivity contribution in [3.63, 3.8) is 0 Å². The predicted octanol–water partition coefficient (Wildman–Crippen LogP) is 3.59. The van der Waals surface area contributed by atoms with Crippen LogP contribution in [-0.4, -0.2) is 23.8 Å². The lowest BCUT2D eigenvalue weighted by atomic mass is 10.0. The Kier molecular flexibility index (Phi) is 6.49. The van der Waals surface area contributed by atoms with E-state index >= 15 is 0 Å². The van der Waals surface area contributed by atoms with E-state index in [9.17, 15) is 9.90 Å². The van der Waals surface area contributed by atoms with Gasteiger partial charge in [0.05, 0.1) is 12.6 Å². The van der Waals surface area contributed by atoms with Gasteiger partial charge >= 0.3 is 6.03 Å². The molecule has 2 amide bonds. The van der Waals surface area contributed by atoms with Gasteiger partial charge < -0.3 is 15.7 Å². The molecule has 0 radical (unpaired) electrons. The third-order valence-electron chi connectivity index (χ3n) is 3.05. The van der Waals surface area contributed by atoms with Gasteiger partial charge in [-0.15, -0.1) is 0 Å². The molecule has 112 valence electrons. The van der Waals surface area contributed by atoms with Gasteiger partial charge in [-0.1, -0.05) is 29.8 Å². The van der Waals surface area contributed by atoms with Crippen LogP contribution < -0.4 is 10.6 Å². The maximum Gasteiger partial charge on any atom is 0.319 e. The normalized spacial score (nSPS) is 12.3. The highest BCUT2D eigenvalue weighted by Crippen LogP contribution is 2.25. The van der Waals surface area contributed by atoms with E-state index in [2.05, 4.69) is 40.4 Å². The lowest BCUT2D eigenvalue weighted by Gasteiger charge is -2.20. The molecule has 0 aliphatic rings. The molecule has 4 nitrogen and oxygen atoms in total. The van der Waals surface area contributed by atoms with E-state index in [0.29, 0.717) is 5.92 Å². The SMILES string of the molecule is Cc1cc(Br)cc(C)c1NC(=O)NC(CO)CC(C)C. The highest BCUT2D eigenvalue weighted by Gasteiger charge is 2.14. The number of aliphatic hydroxyl groups is 1. The number of nitrogens with one attached hydrogen (secondary N) is 2. The van der Waals surface area contributed by atoms with Crippen LogP contribution in [0, 0.1) is 19.8 Å². The van der Waals surface area contributed by atoms with Gasteiger partial charge in [0.2, 0.25) is 0 Å². The Morgan fingerprint density at radius 1 is 1.30 bits per heavy atom. The maximum absolute atomic E-state index is 12.0. The van der Waals surface area contributed by atoms with Crippen molar-refractivity contribution in [1.82, 2.24) is 5.32 Å². The monoisotopic (exact) mass is 342 g/mol. The Morgan fingerprint density at radius 3 is 2.30 bits per heavy atom. The molecule has 0 spiro atoms. The van der Waals surface area contributed by atoms with Crippen molar-refractivity contribution < 1.29 is 9.90 Å². The van der Waals surface area contributed by atoms with Crippen molar-refractivity contribution >= 4 is 27.6 Å². The van der Waals surface area contributed by atoms with E-state index in [1.54, 1.807) is 0 Å². The first-order chi connectivity index (χ1) is 9.33. The number of benzene rings is 1. The number of hydrogen-bond donors (Lipinski definition) is 3. The molecule has 1 unspecified atom stereocenters. The van der Waals surface area contributed by atoms with E-state index in [0.717, 1.165) is 27.7 Å².